The number of rotatable bonds is 3. The highest BCUT2D eigenvalue weighted by Gasteiger charge is 2.51. The van der Waals surface area contributed by atoms with Gasteiger partial charge in [-0.1, -0.05) is 0 Å². The molecule has 5 aliphatic rings. The minimum Gasteiger partial charge on any atom is -0.353 e. The Morgan fingerprint density at radius 1 is 1.00 bits per heavy atom. The molecule has 5 fully saturated rings. The Bertz CT molecular complexity index is 461. The molecule has 0 unspecified atom stereocenters. The van der Waals surface area contributed by atoms with E-state index < -0.39 is 0 Å². The molecular formula is C18H29N3O2. The average molecular weight is 319 g/mol. The fourth-order valence-electron chi connectivity index (χ4n) is 6.37. The van der Waals surface area contributed by atoms with Crippen molar-refractivity contribution in [2.75, 3.05) is 13.1 Å². The van der Waals surface area contributed by atoms with E-state index in [1.807, 2.05) is 0 Å². The van der Waals surface area contributed by atoms with Gasteiger partial charge in [-0.05, 0) is 74.5 Å². The van der Waals surface area contributed by atoms with Gasteiger partial charge in [0.1, 0.15) is 0 Å². The smallest absolute Gasteiger partial charge is 0.314 e. The number of carbonyl (C=O) groups is 2. The fourth-order valence-corrected chi connectivity index (χ4v) is 6.37. The lowest BCUT2D eigenvalue weighted by molar-refractivity contribution is -0.130. The minimum absolute atomic E-state index is 0.215. The molecule has 5 heteroatoms. The second-order valence-corrected chi connectivity index (χ2v) is 8.76. The number of amides is 3. The van der Waals surface area contributed by atoms with Gasteiger partial charge in [0.25, 0.3) is 0 Å². The maximum Gasteiger partial charge on any atom is 0.314 e. The molecule has 1 heterocycles. The average Bonchev–Trinajstić information content (AvgIpc) is 2.45. The third kappa shape index (κ3) is 3.07. The van der Waals surface area contributed by atoms with Crippen molar-refractivity contribution in [2.45, 2.75) is 63.8 Å². The minimum atomic E-state index is -0.344. The zero-order valence-corrected chi connectivity index (χ0v) is 13.9. The fraction of sp³-hybridized carbons (Fsp3) is 0.889. The molecule has 4 bridgehead atoms. The van der Waals surface area contributed by atoms with Gasteiger partial charge in [-0.2, -0.15) is 0 Å². The molecule has 23 heavy (non-hydrogen) atoms. The third-order valence-corrected chi connectivity index (χ3v) is 6.87. The highest BCUT2D eigenvalue weighted by atomic mass is 16.2. The lowest BCUT2D eigenvalue weighted by atomic mass is 9.49. The molecule has 128 valence electrons. The molecule has 3 amide bonds. The van der Waals surface area contributed by atoms with Crippen LogP contribution in [0.25, 0.3) is 0 Å². The molecule has 5 rings (SSSR count). The number of hydrogen-bond acceptors (Lipinski definition) is 2. The van der Waals surface area contributed by atoms with Gasteiger partial charge in [0.15, 0.2) is 0 Å². The first-order valence-electron chi connectivity index (χ1n) is 9.35. The second kappa shape index (κ2) is 5.67. The number of hydrogen-bond donors (Lipinski definition) is 2. The van der Waals surface area contributed by atoms with E-state index in [4.69, 9.17) is 5.73 Å². The first-order valence-corrected chi connectivity index (χ1v) is 9.35. The maximum absolute atomic E-state index is 12.6. The van der Waals surface area contributed by atoms with Crippen molar-refractivity contribution >= 4 is 11.9 Å². The van der Waals surface area contributed by atoms with Gasteiger partial charge in [-0.25, -0.2) is 4.79 Å². The monoisotopic (exact) mass is 319 g/mol. The highest BCUT2D eigenvalue weighted by molar-refractivity contribution is 5.77. The standard InChI is InChI=1S/C18H29N3O2/c19-17(23)21-3-1-15(2-4-21)20-16(22)11-18-8-12-5-13(9-18)7-14(6-12)10-18/h12-15H,1-11H2,(H2,19,23)(H,20,22). The van der Waals surface area contributed by atoms with Gasteiger partial charge in [-0.15, -0.1) is 0 Å². The predicted octanol–water partition coefficient (Wildman–Crippen LogP) is 2.25. The van der Waals surface area contributed by atoms with Crippen LogP contribution in [0.2, 0.25) is 0 Å². The number of nitrogens with one attached hydrogen (secondary N) is 1. The molecular weight excluding hydrogens is 290 g/mol. The zero-order valence-electron chi connectivity index (χ0n) is 13.9. The summed E-state index contributed by atoms with van der Waals surface area (Å²) in [6, 6.07) is -0.129. The molecule has 1 saturated heterocycles. The summed E-state index contributed by atoms with van der Waals surface area (Å²) in [5, 5.41) is 3.24. The van der Waals surface area contributed by atoms with E-state index in [9.17, 15) is 9.59 Å². The van der Waals surface area contributed by atoms with E-state index in [-0.39, 0.29) is 18.0 Å². The summed E-state index contributed by atoms with van der Waals surface area (Å²) in [6.45, 7) is 1.33. The predicted molar refractivity (Wildman–Crippen MR) is 87.5 cm³/mol. The van der Waals surface area contributed by atoms with Crippen molar-refractivity contribution in [1.82, 2.24) is 10.2 Å². The molecule has 0 aromatic rings. The normalized spacial score (nSPS) is 39.5. The Balaban J connectivity index is 1.30. The van der Waals surface area contributed by atoms with Gasteiger partial charge in [0, 0.05) is 25.6 Å². The molecule has 0 spiro atoms. The Kier molecular flexibility index (Phi) is 3.77. The summed E-state index contributed by atoms with van der Waals surface area (Å²) < 4.78 is 0. The topological polar surface area (TPSA) is 75.4 Å². The number of urea groups is 1. The van der Waals surface area contributed by atoms with E-state index >= 15 is 0 Å². The van der Waals surface area contributed by atoms with Crippen molar-refractivity contribution in [1.29, 1.82) is 0 Å². The molecule has 0 radical (unpaired) electrons. The van der Waals surface area contributed by atoms with Gasteiger partial charge in [-0.3, -0.25) is 4.79 Å². The van der Waals surface area contributed by atoms with Crippen LogP contribution in [0.1, 0.15) is 57.8 Å². The Labute approximate surface area is 138 Å². The maximum atomic E-state index is 12.6. The Morgan fingerprint density at radius 2 is 1.52 bits per heavy atom. The van der Waals surface area contributed by atoms with Crippen molar-refractivity contribution < 1.29 is 9.59 Å². The van der Waals surface area contributed by atoms with Crippen LogP contribution in [-0.2, 0) is 4.79 Å². The van der Waals surface area contributed by atoms with Crippen molar-refractivity contribution in [3.8, 4) is 0 Å². The van der Waals surface area contributed by atoms with Crippen LogP contribution in [0.5, 0.6) is 0 Å². The SMILES string of the molecule is NC(=O)N1CCC(NC(=O)CC23CC4CC(CC(C4)C2)C3)CC1. The van der Waals surface area contributed by atoms with Gasteiger partial charge < -0.3 is 16.0 Å². The van der Waals surface area contributed by atoms with Crippen LogP contribution in [-0.4, -0.2) is 36.0 Å². The van der Waals surface area contributed by atoms with Crippen LogP contribution in [0, 0.1) is 23.2 Å². The van der Waals surface area contributed by atoms with E-state index in [1.54, 1.807) is 4.90 Å². The van der Waals surface area contributed by atoms with Crippen molar-refractivity contribution in [3.05, 3.63) is 0 Å². The summed E-state index contributed by atoms with van der Waals surface area (Å²) in [7, 11) is 0. The molecule has 0 aromatic heterocycles. The summed E-state index contributed by atoms with van der Waals surface area (Å²) in [5.41, 5.74) is 5.62. The number of carbonyl (C=O) groups excluding carboxylic acids is 2. The van der Waals surface area contributed by atoms with E-state index in [1.165, 1.54) is 38.5 Å². The molecule has 0 aromatic carbocycles. The summed E-state index contributed by atoms with van der Waals surface area (Å²) in [6.07, 6.45) is 10.5. The first kappa shape index (κ1) is 15.3. The third-order valence-electron chi connectivity index (χ3n) is 6.87. The lowest BCUT2D eigenvalue weighted by Crippen LogP contribution is -2.51. The number of piperidine rings is 1. The van der Waals surface area contributed by atoms with E-state index in [2.05, 4.69) is 5.32 Å². The second-order valence-electron chi connectivity index (χ2n) is 8.76. The molecule has 5 nitrogen and oxygen atoms in total. The van der Waals surface area contributed by atoms with Crippen LogP contribution in [0.15, 0.2) is 0 Å². The Hall–Kier alpha value is -1.26. The van der Waals surface area contributed by atoms with Crippen molar-refractivity contribution in [3.63, 3.8) is 0 Å². The number of nitrogens with zero attached hydrogens (tertiary/aromatic N) is 1. The van der Waals surface area contributed by atoms with Crippen molar-refractivity contribution in [2.24, 2.45) is 28.9 Å². The van der Waals surface area contributed by atoms with Crippen LogP contribution >= 0.6 is 0 Å². The summed E-state index contributed by atoms with van der Waals surface area (Å²) >= 11 is 0. The van der Waals surface area contributed by atoms with Gasteiger partial charge in [0.2, 0.25) is 5.91 Å². The van der Waals surface area contributed by atoms with E-state index in [0.717, 1.165) is 37.0 Å². The highest BCUT2D eigenvalue weighted by Crippen LogP contribution is 2.61. The molecule has 1 aliphatic heterocycles. The van der Waals surface area contributed by atoms with Gasteiger partial charge >= 0.3 is 6.03 Å². The number of primary amides is 1. The quantitative estimate of drug-likeness (QED) is 0.837. The van der Waals surface area contributed by atoms with Gasteiger partial charge in [0.05, 0.1) is 0 Å². The summed E-state index contributed by atoms with van der Waals surface area (Å²) in [4.78, 5) is 25.4. The summed E-state index contributed by atoms with van der Waals surface area (Å²) in [5.74, 6) is 2.93. The largest absolute Gasteiger partial charge is 0.353 e. The number of likely N-dealkylation sites (tertiary alicyclic amines) is 1. The first-order chi connectivity index (χ1) is 11.0. The molecule has 3 N–H and O–H groups in total. The van der Waals surface area contributed by atoms with Crippen LogP contribution in [0.4, 0.5) is 4.79 Å². The Morgan fingerprint density at radius 3 is 2.00 bits per heavy atom. The molecule has 4 saturated carbocycles. The molecule has 0 atom stereocenters. The number of nitrogens with two attached hydrogens (primary N) is 1. The van der Waals surface area contributed by atoms with Crippen LogP contribution in [0.3, 0.4) is 0 Å². The van der Waals surface area contributed by atoms with E-state index in [0.29, 0.717) is 18.5 Å². The molecule has 4 aliphatic carbocycles. The van der Waals surface area contributed by atoms with Crippen LogP contribution < -0.4 is 11.1 Å². The zero-order chi connectivity index (χ0) is 16.0. The lowest BCUT2D eigenvalue weighted by Gasteiger charge is -2.56.